The molecule has 0 bridgehead atoms. The van der Waals surface area contributed by atoms with Gasteiger partial charge in [-0.3, -0.25) is 0 Å². The van der Waals surface area contributed by atoms with Crippen molar-refractivity contribution in [1.29, 1.82) is 0 Å². The summed E-state index contributed by atoms with van der Waals surface area (Å²) in [5.41, 5.74) is -9.74. The van der Waals surface area contributed by atoms with E-state index in [2.05, 4.69) is 37.9 Å². The zero-order valence-corrected chi connectivity index (χ0v) is 31.3. The fraction of sp³-hybridized carbons (Fsp3) is 1.00. The smallest absolute Gasteiger partial charge is 0.372 e. The highest BCUT2D eigenvalue weighted by Crippen LogP contribution is 2.70. The van der Waals surface area contributed by atoms with Crippen molar-refractivity contribution < 1.29 is 162 Å². The first-order valence-corrected chi connectivity index (χ1v) is 17.3. The van der Waals surface area contributed by atoms with Gasteiger partial charge in [0.15, 0.2) is 0 Å². The van der Waals surface area contributed by atoms with Crippen molar-refractivity contribution in [3.8, 4) is 0 Å². The monoisotopic (exact) mass is 1020 g/mol. The van der Waals surface area contributed by atoms with Gasteiger partial charge in [0.25, 0.3) is 0 Å². The van der Waals surface area contributed by atoms with Crippen LogP contribution in [0.25, 0.3) is 0 Å². The summed E-state index contributed by atoms with van der Waals surface area (Å²) >= 11 is 0. The van der Waals surface area contributed by atoms with Crippen molar-refractivity contribution in [3.05, 3.63) is 0 Å². The zero-order chi connectivity index (χ0) is 49.8. The topological polar surface area (TPSA) is 124 Å². The van der Waals surface area contributed by atoms with E-state index in [1.54, 1.807) is 18.9 Å². The van der Waals surface area contributed by atoms with Gasteiger partial charge in [0.1, 0.15) is 50.8 Å². The lowest BCUT2D eigenvalue weighted by Crippen LogP contribution is -2.78. The van der Waals surface area contributed by atoms with E-state index in [1.807, 2.05) is 0 Å². The Labute approximate surface area is 344 Å². The number of epoxide rings is 4. The second kappa shape index (κ2) is 18.3. The van der Waals surface area contributed by atoms with Gasteiger partial charge in [-0.1, -0.05) is 0 Å². The van der Waals surface area contributed by atoms with Crippen molar-refractivity contribution in [2.75, 3.05) is 79.3 Å². The fourth-order valence-corrected chi connectivity index (χ4v) is 4.53. The van der Waals surface area contributed by atoms with Gasteiger partial charge >= 0.3 is 78.0 Å². The first-order valence-electron chi connectivity index (χ1n) is 17.3. The van der Waals surface area contributed by atoms with E-state index in [0.717, 1.165) is 0 Å². The summed E-state index contributed by atoms with van der Waals surface area (Å²) in [7, 11) is 0. The van der Waals surface area contributed by atoms with E-state index in [9.17, 15) is 70.2 Å². The highest BCUT2D eigenvalue weighted by atomic mass is 19.4. The SMILES string of the molecule is FC(F)(COCC1CO1)C(F)(F)OC(F)(F)C(C(F)(F)OC(F)(F)C(F)(F)COCC1CO1)(C(F)(F)OC(F)(F)C(F)(F)COCC1CO1)C(F)(F)OC(F)(F)C(F)(F)COCC1CO1. The molecule has 4 aliphatic heterocycles. The Hall–Kier alpha value is -2.16. The quantitative estimate of drug-likeness (QED) is 0.0510. The summed E-state index contributed by atoms with van der Waals surface area (Å²) in [6.45, 7) is -19.3. The Morgan fingerprint density at radius 3 is 0.569 bits per heavy atom. The van der Waals surface area contributed by atoms with Crippen LogP contribution in [0.15, 0.2) is 0 Å². The van der Waals surface area contributed by atoms with E-state index < -0.39 is 182 Å². The van der Waals surface area contributed by atoms with Gasteiger partial charge in [-0.2, -0.15) is 105 Å². The van der Waals surface area contributed by atoms with Crippen molar-refractivity contribution in [2.24, 2.45) is 5.41 Å². The molecule has 36 heteroatoms. The van der Waals surface area contributed by atoms with Crippen molar-refractivity contribution >= 4 is 0 Å². The molecule has 12 nitrogen and oxygen atoms in total. The molecule has 0 aromatic heterocycles. The van der Waals surface area contributed by atoms with Gasteiger partial charge in [-0.25, -0.2) is 18.9 Å². The first-order chi connectivity index (χ1) is 29.1. The second-order valence-corrected chi connectivity index (χ2v) is 14.0. The molecule has 384 valence electrons. The van der Waals surface area contributed by atoms with Gasteiger partial charge in [0.2, 0.25) is 0 Å². The van der Waals surface area contributed by atoms with Crippen LogP contribution in [0.3, 0.4) is 0 Å². The summed E-state index contributed by atoms with van der Waals surface area (Å²) < 4.78 is 403. The number of hydrogen-bond donors (Lipinski definition) is 0. The molecular weight excluding hydrogens is 996 g/mol. The Morgan fingerprint density at radius 2 is 0.431 bits per heavy atom. The summed E-state index contributed by atoms with van der Waals surface area (Å²) in [4.78, 5) is 0. The molecule has 4 rings (SSSR count). The molecule has 0 saturated carbocycles. The minimum atomic E-state index is -9.74. The van der Waals surface area contributed by atoms with Crippen molar-refractivity contribution in [3.63, 3.8) is 0 Å². The lowest BCUT2D eigenvalue weighted by Gasteiger charge is -2.51. The predicted molar refractivity (Wildman–Crippen MR) is 148 cm³/mol. The lowest BCUT2D eigenvalue weighted by molar-refractivity contribution is -0.624. The van der Waals surface area contributed by atoms with E-state index in [1.165, 1.54) is 0 Å². The molecule has 65 heavy (non-hydrogen) atoms. The van der Waals surface area contributed by atoms with Gasteiger partial charge in [-0.15, -0.1) is 0 Å². The van der Waals surface area contributed by atoms with Crippen LogP contribution in [0.2, 0.25) is 0 Å². The Kier molecular flexibility index (Phi) is 15.6. The van der Waals surface area contributed by atoms with E-state index >= 15 is 35.1 Å². The molecule has 0 amide bonds. The van der Waals surface area contributed by atoms with Gasteiger partial charge in [0.05, 0.1) is 52.9 Å². The predicted octanol–water partition coefficient (Wildman–Crippen LogP) is 6.98. The highest BCUT2D eigenvalue weighted by Gasteiger charge is 2.98. The molecule has 0 N–H and O–H groups in total. The standard InChI is InChI=1S/C29H28F24O12/c30-17(31,9-54-1-13-5-58-13)22(38,39)62-26(46,47)21(27(48,49)63-23(40,41)18(32,33)10-55-2-14-6-59-14,28(50,51)64-24(42,43)19(34,35)11-56-3-15-7-60-15)29(52,53)65-25(44,45)20(36,37)12-57-4-16-8-61-16/h13-16H,1-12H2. The van der Waals surface area contributed by atoms with Crippen LogP contribution in [-0.4, -0.2) is 176 Å². The third-order valence-electron chi connectivity index (χ3n) is 8.43. The molecule has 4 fully saturated rings. The summed E-state index contributed by atoms with van der Waals surface area (Å²) in [5.74, 6) is -27.2. The Morgan fingerprint density at radius 1 is 0.277 bits per heavy atom. The lowest BCUT2D eigenvalue weighted by atomic mass is 9.80. The Balaban J connectivity index is 1.95. The average molecular weight is 1020 g/mol. The number of alkyl halides is 24. The largest absolute Gasteiger partial charge is 0.426 e. The molecule has 0 spiro atoms. The molecule has 0 aromatic rings. The van der Waals surface area contributed by atoms with Crippen LogP contribution in [0, 0.1) is 5.41 Å². The van der Waals surface area contributed by atoms with Crippen molar-refractivity contribution in [2.45, 2.75) is 97.0 Å². The van der Waals surface area contributed by atoms with E-state index in [-0.39, 0.29) is 0 Å². The third-order valence-corrected chi connectivity index (χ3v) is 8.43. The highest BCUT2D eigenvalue weighted by molar-refractivity contribution is 5.09. The molecule has 4 atom stereocenters. The van der Waals surface area contributed by atoms with Crippen LogP contribution in [-0.2, 0) is 56.8 Å². The molecule has 4 heterocycles. The molecule has 4 unspecified atom stereocenters. The molecule has 4 aliphatic rings. The summed E-state index contributed by atoms with van der Waals surface area (Å²) in [6, 6.07) is 0. The van der Waals surface area contributed by atoms with Crippen LogP contribution in [0.5, 0.6) is 0 Å². The third kappa shape index (κ3) is 12.4. The summed E-state index contributed by atoms with van der Waals surface area (Å²) in [5, 5.41) is 0. The maximum Gasteiger partial charge on any atom is 0.426 e. The molecule has 0 radical (unpaired) electrons. The van der Waals surface area contributed by atoms with Crippen molar-refractivity contribution in [1.82, 2.24) is 0 Å². The summed E-state index contributed by atoms with van der Waals surface area (Å²) in [6.07, 6.45) is -73.5. The number of halogens is 24. The van der Waals surface area contributed by atoms with Gasteiger partial charge in [0, 0.05) is 0 Å². The maximum atomic E-state index is 16.0. The van der Waals surface area contributed by atoms with Crippen LogP contribution in [0.1, 0.15) is 0 Å². The van der Waals surface area contributed by atoms with Crippen LogP contribution < -0.4 is 0 Å². The minimum Gasteiger partial charge on any atom is -0.372 e. The molecule has 4 saturated heterocycles. The first kappa shape index (κ1) is 55.4. The number of ether oxygens (including phenoxy) is 12. The molecule has 0 aliphatic carbocycles. The van der Waals surface area contributed by atoms with Crippen LogP contribution >= 0.6 is 0 Å². The van der Waals surface area contributed by atoms with E-state index in [0.29, 0.717) is 0 Å². The number of hydrogen-bond acceptors (Lipinski definition) is 12. The normalized spacial score (nSPS) is 24.0. The second-order valence-electron chi connectivity index (χ2n) is 14.0. The van der Waals surface area contributed by atoms with E-state index in [4.69, 9.17) is 0 Å². The zero-order valence-electron chi connectivity index (χ0n) is 31.3. The number of rotatable bonds is 32. The minimum absolute atomic E-state index is 0.404. The van der Waals surface area contributed by atoms with Gasteiger partial charge < -0.3 is 37.9 Å². The maximum absolute atomic E-state index is 16.0. The van der Waals surface area contributed by atoms with Gasteiger partial charge in [-0.05, 0) is 0 Å². The van der Waals surface area contributed by atoms with Crippen LogP contribution in [0.4, 0.5) is 105 Å². The Bertz CT molecular complexity index is 1360. The molecular formula is C29H28F24O12. The average Bonchev–Trinajstić information content (AvgIpc) is 3.86. The molecule has 0 aromatic carbocycles. The fourth-order valence-electron chi connectivity index (χ4n) is 4.53.